The number of carbonyl (C=O) groups excluding carboxylic acids is 1. The van der Waals surface area contributed by atoms with Gasteiger partial charge in [0.1, 0.15) is 5.78 Å². The van der Waals surface area contributed by atoms with Crippen molar-refractivity contribution in [3.63, 3.8) is 0 Å². The predicted molar refractivity (Wildman–Crippen MR) is 123 cm³/mol. The average Bonchev–Trinajstić information content (AvgIpc) is 3.04. The molecule has 0 aromatic heterocycles. The number of fused-ring (bicyclic) bond motifs is 2. The summed E-state index contributed by atoms with van der Waals surface area (Å²) in [7, 11) is 0. The van der Waals surface area contributed by atoms with Gasteiger partial charge in [0.2, 0.25) is 0 Å². The Balaban J connectivity index is 1.67. The molecule has 1 N–H and O–H groups in total. The molecule has 5 rings (SSSR count). The highest BCUT2D eigenvalue weighted by Gasteiger charge is 2.53. The molecule has 0 saturated heterocycles. The minimum atomic E-state index is -1.03. The summed E-state index contributed by atoms with van der Waals surface area (Å²) in [6.07, 6.45) is 0.576. The van der Waals surface area contributed by atoms with E-state index < -0.39 is 11.5 Å². The normalized spacial score (nSPS) is 26.3. The third-order valence-electron chi connectivity index (χ3n) is 6.89. The van der Waals surface area contributed by atoms with Crippen LogP contribution < -0.4 is 0 Å². The number of rotatable bonds is 3. The fraction of sp³-hybridized carbons (Fsp3) is 0.250. The van der Waals surface area contributed by atoms with Crippen LogP contribution in [0.2, 0.25) is 0 Å². The van der Waals surface area contributed by atoms with Gasteiger partial charge in [0.25, 0.3) is 0 Å². The van der Waals surface area contributed by atoms with Gasteiger partial charge in [0, 0.05) is 5.92 Å². The van der Waals surface area contributed by atoms with E-state index in [4.69, 9.17) is 0 Å². The monoisotopic (exact) mass is 394 g/mol. The quantitative estimate of drug-likeness (QED) is 0.448. The highest BCUT2D eigenvalue weighted by molar-refractivity contribution is 5.86. The standard InChI is InChI=1S/C28H26O2/c1-18(29)27-26(24-14-12-20-8-4-6-10-22(20)16-24)25(17-28(27,2)30)23-13-11-19-7-3-5-9-21(19)15-23/h3-16,25-27,30H,17H2,1-2H3/t25-,26-,27+,28+/m1/s1. The van der Waals surface area contributed by atoms with Gasteiger partial charge < -0.3 is 5.11 Å². The lowest BCUT2D eigenvalue weighted by molar-refractivity contribution is -0.127. The number of benzene rings is 4. The van der Waals surface area contributed by atoms with Crippen LogP contribution in [0.5, 0.6) is 0 Å². The lowest BCUT2D eigenvalue weighted by Crippen LogP contribution is -2.36. The molecule has 1 fully saturated rings. The van der Waals surface area contributed by atoms with Gasteiger partial charge in [-0.2, -0.15) is 0 Å². The van der Waals surface area contributed by atoms with Crippen LogP contribution in [0.3, 0.4) is 0 Å². The van der Waals surface area contributed by atoms with Crippen LogP contribution in [-0.2, 0) is 4.79 Å². The van der Waals surface area contributed by atoms with Gasteiger partial charge >= 0.3 is 0 Å². The lowest BCUT2D eigenvalue weighted by Gasteiger charge is -2.28. The molecule has 0 aliphatic heterocycles. The van der Waals surface area contributed by atoms with Gasteiger partial charge in [-0.3, -0.25) is 4.79 Å². The molecule has 0 unspecified atom stereocenters. The van der Waals surface area contributed by atoms with Crippen molar-refractivity contribution in [1.82, 2.24) is 0 Å². The largest absolute Gasteiger partial charge is 0.389 e. The molecule has 0 bridgehead atoms. The Morgan fingerprint density at radius 3 is 1.87 bits per heavy atom. The van der Waals surface area contributed by atoms with E-state index in [1.165, 1.54) is 27.1 Å². The summed E-state index contributed by atoms with van der Waals surface area (Å²) in [5, 5.41) is 16.0. The molecule has 4 atom stereocenters. The number of aliphatic hydroxyl groups is 1. The molecule has 1 aliphatic carbocycles. The van der Waals surface area contributed by atoms with Crippen molar-refractivity contribution in [2.45, 2.75) is 37.7 Å². The smallest absolute Gasteiger partial charge is 0.136 e. The zero-order valence-corrected chi connectivity index (χ0v) is 17.4. The van der Waals surface area contributed by atoms with Crippen LogP contribution in [-0.4, -0.2) is 16.5 Å². The van der Waals surface area contributed by atoms with Crippen molar-refractivity contribution >= 4 is 27.3 Å². The maximum atomic E-state index is 12.7. The van der Waals surface area contributed by atoms with Gasteiger partial charge in [-0.05, 0) is 58.9 Å². The highest BCUT2D eigenvalue weighted by Crippen LogP contribution is 2.55. The van der Waals surface area contributed by atoms with E-state index >= 15 is 0 Å². The predicted octanol–water partition coefficient (Wildman–Crippen LogP) is 6.22. The molecule has 2 heteroatoms. The van der Waals surface area contributed by atoms with Crippen molar-refractivity contribution in [3.05, 3.63) is 96.1 Å². The fourth-order valence-electron chi connectivity index (χ4n) is 5.61. The average molecular weight is 395 g/mol. The van der Waals surface area contributed by atoms with Crippen molar-refractivity contribution in [2.24, 2.45) is 5.92 Å². The second-order valence-corrected chi connectivity index (χ2v) is 9.00. The maximum absolute atomic E-state index is 12.7. The van der Waals surface area contributed by atoms with E-state index in [0.717, 1.165) is 5.56 Å². The number of hydrogen-bond acceptors (Lipinski definition) is 2. The molecule has 4 aromatic carbocycles. The molecule has 0 radical (unpaired) electrons. The summed E-state index contributed by atoms with van der Waals surface area (Å²) >= 11 is 0. The highest BCUT2D eigenvalue weighted by atomic mass is 16.3. The van der Waals surface area contributed by atoms with Crippen LogP contribution >= 0.6 is 0 Å². The minimum absolute atomic E-state index is 0.0525. The lowest BCUT2D eigenvalue weighted by atomic mass is 9.76. The zero-order valence-electron chi connectivity index (χ0n) is 17.4. The zero-order chi connectivity index (χ0) is 20.9. The van der Waals surface area contributed by atoms with E-state index in [9.17, 15) is 9.90 Å². The molecular formula is C28H26O2. The first-order valence-corrected chi connectivity index (χ1v) is 10.6. The number of carbonyl (C=O) groups is 1. The van der Waals surface area contributed by atoms with Gasteiger partial charge in [-0.1, -0.05) is 84.9 Å². The number of Topliss-reactive ketones (excluding diaryl/α,β-unsaturated/α-hetero) is 1. The fourth-order valence-corrected chi connectivity index (χ4v) is 5.61. The first-order chi connectivity index (χ1) is 14.4. The third kappa shape index (κ3) is 3.12. The summed E-state index contributed by atoms with van der Waals surface area (Å²) in [5.74, 6) is -0.334. The molecule has 150 valence electrons. The van der Waals surface area contributed by atoms with E-state index in [1.807, 2.05) is 25.1 Å². The van der Waals surface area contributed by atoms with E-state index in [0.29, 0.717) is 6.42 Å². The molecular weight excluding hydrogens is 368 g/mol. The van der Waals surface area contributed by atoms with Gasteiger partial charge in [0.15, 0.2) is 0 Å². The second-order valence-electron chi connectivity index (χ2n) is 9.00. The molecule has 1 saturated carbocycles. The minimum Gasteiger partial charge on any atom is -0.389 e. The second kappa shape index (κ2) is 7.07. The van der Waals surface area contributed by atoms with E-state index in [2.05, 4.69) is 66.7 Å². The van der Waals surface area contributed by atoms with Gasteiger partial charge in [0.05, 0.1) is 11.5 Å². The summed E-state index contributed by atoms with van der Waals surface area (Å²) in [6, 6.07) is 29.6. The summed E-state index contributed by atoms with van der Waals surface area (Å²) in [4.78, 5) is 12.7. The van der Waals surface area contributed by atoms with Gasteiger partial charge in [-0.25, -0.2) is 0 Å². The van der Waals surface area contributed by atoms with E-state index in [-0.39, 0.29) is 17.6 Å². The summed E-state index contributed by atoms with van der Waals surface area (Å²) in [6.45, 7) is 3.45. The van der Waals surface area contributed by atoms with Crippen LogP contribution in [0.25, 0.3) is 21.5 Å². The molecule has 0 amide bonds. The van der Waals surface area contributed by atoms with Crippen molar-refractivity contribution in [2.75, 3.05) is 0 Å². The Morgan fingerprint density at radius 1 is 0.800 bits per heavy atom. The van der Waals surface area contributed by atoms with Crippen molar-refractivity contribution in [1.29, 1.82) is 0 Å². The molecule has 0 spiro atoms. The van der Waals surface area contributed by atoms with Crippen LogP contribution in [0.15, 0.2) is 84.9 Å². The maximum Gasteiger partial charge on any atom is 0.136 e. The molecule has 30 heavy (non-hydrogen) atoms. The van der Waals surface area contributed by atoms with Crippen molar-refractivity contribution < 1.29 is 9.90 Å². The Morgan fingerprint density at radius 2 is 1.30 bits per heavy atom. The first-order valence-electron chi connectivity index (χ1n) is 10.6. The summed E-state index contributed by atoms with van der Waals surface area (Å²) in [5.41, 5.74) is 1.29. The molecule has 2 nitrogen and oxygen atoms in total. The van der Waals surface area contributed by atoms with Crippen LogP contribution in [0.4, 0.5) is 0 Å². The third-order valence-corrected chi connectivity index (χ3v) is 6.89. The topological polar surface area (TPSA) is 37.3 Å². The van der Waals surface area contributed by atoms with Crippen LogP contribution in [0.1, 0.15) is 43.2 Å². The molecule has 1 aliphatic rings. The van der Waals surface area contributed by atoms with Gasteiger partial charge in [-0.15, -0.1) is 0 Å². The Bertz CT molecular complexity index is 1250. The SMILES string of the molecule is CC(=O)[C@H]1[C@H](c2ccc3ccccc3c2)[C@@H](c2ccc3ccccc3c2)C[C@]1(C)O. The summed E-state index contributed by atoms with van der Waals surface area (Å²) < 4.78 is 0. The molecule has 0 heterocycles. The Labute approximate surface area is 177 Å². The Kier molecular flexibility index (Phi) is 4.48. The van der Waals surface area contributed by atoms with Crippen molar-refractivity contribution in [3.8, 4) is 0 Å². The number of ketones is 1. The number of hydrogen-bond donors (Lipinski definition) is 1. The van der Waals surface area contributed by atoms with E-state index in [1.54, 1.807) is 6.92 Å². The first kappa shape index (κ1) is 19.0. The van der Waals surface area contributed by atoms with Crippen LogP contribution in [0, 0.1) is 5.92 Å². The Hall–Kier alpha value is -2.97. The molecule has 4 aromatic rings.